The van der Waals surface area contributed by atoms with Crippen molar-refractivity contribution in [1.29, 1.82) is 0 Å². The van der Waals surface area contributed by atoms with E-state index in [0.29, 0.717) is 0 Å². The molecule has 0 aliphatic carbocycles. The number of hydrogen-bond acceptors (Lipinski definition) is 8. The predicted octanol–water partition coefficient (Wildman–Crippen LogP) is -1.24. The van der Waals surface area contributed by atoms with Crippen LogP contribution in [0.25, 0.3) is 0 Å². The number of rotatable bonds is 5. The number of ether oxygens (including phenoxy) is 1. The van der Waals surface area contributed by atoms with Crippen LogP contribution in [0.2, 0.25) is 0 Å². The number of carbonyl (C=O) groups excluding carboxylic acids is 1. The van der Waals surface area contributed by atoms with Crippen LogP contribution in [0, 0.1) is 10.1 Å². The van der Waals surface area contributed by atoms with Crippen LogP contribution in [-0.2, 0) is 16.1 Å². The first kappa shape index (κ1) is 23.0. The molecule has 0 saturated carbocycles. The number of nitro groups is 1. The molecule has 0 bridgehead atoms. The van der Waals surface area contributed by atoms with Gasteiger partial charge in [0.25, 0.3) is 0 Å². The molecule has 1 atom stereocenters. The van der Waals surface area contributed by atoms with Crippen molar-refractivity contribution in [2.24, 2.45) is 5.73 Å². The second kappa shape index (κ2) is 11.3. The third-order valence-electron chi connectivity index (χ3n) is 2.17. The third kappa shape index (κ3) is 7.54. The zero-order valence-electron chi connectivity index (χ0n) is 12.6. The topological polar surface area (TPSA) is 171 Å². The van der Waals surface area contributed by atoms with E-state index >= 15 is 0 Å². The molecule has 0 radical (unpaired) electrons. The van der Waals surface area contributed by atoms with E-state index in [1.54, 1.807) is 18.8 Å². The lowest BCUT2D eigenvalue weighted by Gasteiger charge is -2.11. The molecule has 0 aliphatic heterocycles. The summed E-state index contributed by atoms with van der Waals surface area (Å²) in [7, 11) is 0. The van der Waals surface area contributed by atoms with Crippen molar-refractivity contribution in [2.75, 3.05) is 13.2 Å². The van der Waals surface area contributed by atoms with Crippen molar-refractivity contribution in [3.05, 3.63) is 37.1 Å². The van der Waals surface area contributed by atoms with Gasteiger partial charge in [-0.05, 0) is 13.8 Å². The Morgan fingerprint density at radius 3 is 2.48 bits per heavy atom. The summed E-state index contributed by atoms with van der Waals surface area (Å²) >= 11 is 0. The highest BCUT2D eigenvalue weighted by atomic mass is 35.5. The molecular weight excluding hydrogens is 336 g/mol. The molecule has 0 spiro atoms. The van der Waals surface area contributed by atoms with Crippen molar-refractivity contribution < 1.29 is 19.6 Å². The Labute approximate surface area is 136 Å². The molecule has 0 aliphatic rings. The molecule has 4 N–H and O–H groups in total. The highest BCUT2D eigenvalue weighted by Gasteiger charge is 2.19. The monoisotopic (exact) mass is 354 g/mol. The number of nitrogens with two attached hydrogens (primary N) is 1. The number of aromatic amines is 1. The minimum Gasteiger partial charge on any atom is -0.465 e. The summed E-state index contributed by atoms with van der Waals surface area (Å²) in [6.07, 6.45) is 0.736. The average Bonchev–Trinajstić information content (AvgIpc) is 2.42. The van der Waals surface area contributed by atoms with Crippen molar-refractivity contribution in [2.45, 2.75) is 26.4 Å². The van der Waals surface area contributed by atoms with Crippen LogP contribution >= 0.6 is 12.4 Å². The summed E-state index contributed by atoms with van der Waals surface area (Å²) in [5, 5.41) is 18.1. The zero-order chi connectivity index (χ0) is 17.3. The van der Waals surface area contributed by atoms with Gasteiger partial charge in [0.15, 0.2) is 0 Å². The molecule has 1 aromatic rings. The molecule has 1 heterocycles. The Kier molecular flexibility index (Phi) is 11.4. The Morgan fingerprint density at radius 2 is 2.04 bits per heavy atom. The molecule has 0 saturated heterocycles. The zero-order valence-corrected chi connectivity index (χ0v) is 13.4. The number of aromatic nitrogens is 2. The summed E-state index contributed by atoms with van der Waals surface area (Å²) in [5.41, 5.74) is 2.65. The van der Waals surface area contributed by atoms with E-state index in [4.69, 9.17) is 10.8 Å². The molecule has 1 unspecified atom stereocenters. The van der Waals surface area contributed by atoms with Crippen molar-refractivity contribution in [3.8, 4) is 0 Å². The van der Waals surface area contributed by atoms with E-state index in [2.05, 4.69) is 4.74 Å². The smallest absolute Gasteiger partial charge is 0.350 e. The molecular formula is C11H19ClN4O7. The van der Waals surface area contributed by atoms with Gasteiger partial charge in [-0.15, -0.1) is 12.4 Å². The first-order valence-electron chi connectivity index (χ1n) is 6.29. The lowest BCUT2D eigenvalue weighted by molar-refractivity contribution is -0.386. The fourth-order valence-electron chi connectivity index (χ4n) is 1.30. The maximum absolute atomic E-state index is 11.4. The summed E-state index contributed by atoms with van der Waals surface area (Å²) in [5.74, 6) is -0.747. The van der Waals surface area contributed by atoms with Gasteiger partial charge in [0.2, 0.25) is 0 Å². The second-order valence-corrected chi connectivity index (χ2v) is 3.86. The largest absolute Gasteiger partial charge is 0.465 e. The number of nitrogens with one attached hydrogen (secondary N) is 1. The lowest BCUT2D eigenvalue weighted by atomic mass is 10.3. The average molecular weight is 355 g/mol. The number of H-pyrrole nitrogens is 1. The molecule has 11 nitrogen and oxygen atoms in total. The minimum absolute atomic E-state index is 0. The van der Waals surface area contributed by atoms with Crippen LogP contribution in [-0.4, -0.2) is 44.8 Å². The van der Waals surface area contributed by atoms with Gasteiger partial charge >= 0.3 is 22.9 Å². The number of esters is 1. The normalized spacial score (nSPS) is 10.6. The van der Waals surface area contributed by atoms with Gasteiger partial charge in [-0.1, -0.05) is 0 Å². The number of aliphatic hydroxyl groups excluding tert-OH is 1. The summed E-state index contributed by atoms with van der Waals surface area (Å²) < 4.78 is 5.41. The van der Waals surface area contributed by atoms with E-state index in [9.17, 15) is 24.5 Å². The Hall–Kier alpha value is -2.24. The predicted molar refractivity (Wildman–Crippen MR) is 82.6 cm³/mol. The molecule has 0 fully saturated rings. The van der Waals surface area contributed by atoms with Crippen LogP contribution in [0.4, 0.5) is 5.69 Å². The highest BCUT2D eigenvalue weighted by molar-refractivity contribution is 5.85. The van der Waals surface area contributed by atoms with E-state index in [-0.39, 0.29) is 32.2 Å². The minimum atomic E-state index is -1.16. The molecule has 0 aromatic carbocycles. The number of carbonyl (C=O) groups is 1. The van der Waals surface area contributed by atoms with Gasteiger partial charge in [0, 0.05) is 6.61 Å². The van der Waals surface area contributed by atoms with Crippen LogP contribution in [0.5, 0.6) is 0 Å². The van der Waals surface area contributed by atoms with Gasteiger partial charge in [0.05, 0.1) is 24.3 Å². The molecule has 23 heavy (non-hydrogen) atoms. The van der Waals surface area contributed by atoms with Gasteiger partial charge in [-0.25, -0.2) is 4.79 Å². The van der Waals surface area contributed by atoms with Gasteiger partial charge in [0.1, 0.15) is 6.04 Å². The first-order valence-corrected chi connectivity index (χ1v) is 6.29. The van der Waals surface area contributed by atoms with Crippen LogP contribution < -0.4 is 17.0 Å². The Bertz CT molecular complexity index is 628. The number of hydrogen-bond donors (Lipinski definition) is 3. The summed E-state index contributed by atoms with van der Waals surface area (Å²) in [4.78, 5) is 45.2. The maximum Gasteiger partial charge on any atom is 0.350 e. The molecule has 0 amide bonds. The van der Waals surface area contributed by atoms with E-state index in [1.807, 2.05) is 0 Å². The van der Waals surface area contributed by atoms with Crippen molar-refractivity contribution in [1.82, 2.24) is 9.55 Å². The van der Waals surface area contributed by atoms with Gasteiger partial charge in [-0.3, -0.25) is 29.3 Å². The number of aliphatic hydroxyl groups is 1. The SMILES string of the molecule is CCO.CCOC(=O)C(N)Cn1cc([N+](=O)[O-])c(=O)[nH]c1=O.Cl. The molecule has 12 heteroatoms. The second-order valence-electron chi connectivity index (χ2n) is 3.86. The Morgan fingerprint density at radius 1 is 1.52 bits per heavy atom. The number of halogens is 1. The quantitative estimate of drug-likeness (QED) is 0.334. The van der Waals surface area contributed by atoms with E-state index in [1.165, 1.54) is 0 Å². The van der Waals surface area contributed by atoms with Crippen LogP contribution in [0.3, 0.4) is 0 Å². The van der Waals surface area contributed by atoms with E-state index in [0.717, 1.165) is 10.8 Å². The van der Waals surface area contributed by atoms with Gasteiger partial charge in [-0.2, -0.15) is 0 Å². The van der Waals surface area contributed by atoms with Gasteiger partial charge < -0.3 is 15.6 Å². The lowest BCUT2D eigenvalue weighted by Crippen LogP contribution is -2.41. The first-order chi connectivity index (χ1) is 10.3. The number of nitrogens with zero attached hydrogens (tertiary/aromatic N) is 2. The van der Waals surface area contributed by atoms with Crippen molar-refractivity contribution in [3.63, 3.8) is 0 Å². The fourth-order valence-corrected chi connectivity index (χ4v) is 1.30. The molecule has 1 rings (SSSR count). The van der Waals surface area contributed by atoms with Crippen LogP contribution in [0.15, 0.2) is 15.8 Å². The highest BCUT2D eigenvalue weighted by Crippen LogP contribution is 2.00. The van der Waals surface area contributed by atoms with E-state index < -0.39 is 33.9 Å². The molecule has 1 aromatic heterocycles. The Balaban J connectivity index is 0. The van der Waals surface area contributed by atoms with Crippen molar-refractivity contribution >= 4 is 24.1 Å². The third-order valence-corrected chi connectivity index (χ3v) is 2.17. The molecule has 132 valence electrons. The van der Waals surface area contributed by atoms with Crippen LogP contribution in [0.1, 0.15) is 13.8 Å². The maximum atomic E-state index is 11.4. The summed E-state index contributed by atoms with van der Waals surface area (Å²) in [6.45, 7) is 3.30. The standard InChI is InChI=1S/C9H12N4O6.C2H6O.ClH/c1-2-19-8(15)5(10)3-12-4-6(13(17)18)7(14)11-9(12)16;1-2-3;/h4-5H,2-3,10H2,1H3,(H,11,14,16);3H,2H2,1H3;1H. The fraction of sp³-hybridized carbons (Fsp3) is 0.545. The summed E-state index contributed by atoms with van der Waals surface area (Å²) in [6, 6.07) is -1.16.